The molecule has 21 heavy (non-hydrogen) atoms. The second-order valence-corrected chi connectivity index (χ2v) is 6.68. The molecule has 0 aliphatic rings. The van der Waals surface area contributed by atoms with Crippen molar-refractivity contribution < 1.29 is 0 Å². The van der Waals surface area contributed by atoms with Crippen molar-refractivity contribution in [2.24, 2.45) is 0 Å². The largest absolute Gasteiger partial charge is 0.370 e. The number of nitrogens with zero attached hydrogens (tertiary/aromatic N) is 2. The van der Waals surface area contributed by atoms with E-state index in [4.69, 9.17) is 23.2 Å². The fraction of sp³-hybridized carbons (Fsp3) is 0.333. The summed E-state index contributed by atoms with van der Waals surface area (Å²) in [6, 6.07) is 5.43. The second-order valence-electron chi connectivity index (χ2n) is 4.80. The summed E-state index contributed by atoms with van der Waals surface area (Å²) in [5, 5.41) is 5.52. The van der Waals surface area contributed by atoms with Gasteiger partial charge in [0.15, 0.2) is 0 Å². The molecule has 0 aliphatic carbocycles. The lowest BCUT2D eigenvalue weighted by atomic mass is 10.1. The maximum absolute atomic E-state index is 6.24. The van der Waals surface area contributed by atoms with Crippen molar-refractivity contribution in [2.75, 3.05) is 11.9 Å². The monoisotopic (exact) mass is 341 g/mol. The summed E-state index contributed by atoms with van der Waals surface area (Å²) >= 11 is 13.8. The van der Waals surface area contributed by atoms with E-state index in [1.54, 1.807) is 18.5 Å². The SMILES string of the molecule is CCNc1ncnc(Sc2cc(Cl)ccc2Cl)c1C(C)C. The van der Waals surface area contributed by atoms with Gasteiger partial charge in [0.25, 0.3) is 0 Å². The summed E-state index contributed by atoms with van der Waals surface area (Å²) in [6.45, 7) is 7.12. The Labute approximate surface area is 139 Å². The minimum atomic E-state index is 0.306. The molecular weight excluding hydrogens is 325 g/mol. The zero-order chi connectivity index (χ0) is 15.4. The first-order chi connectivity index (χ1) is 10.0. The van der Waals surface area contributed by atoms with Crippen LogP contribution in [0.1, 0.15) is 32.3 Å². The summed E-state index contributed by atoms with van der Waals surface area (Å²) in [4.78, 5) is 9.65. The molecule has 0 amide bonds. The summed E-state index contributed by atoms with van der Waals surface area (Å²) in [5.74, 6) is 1.18. The van der Waals surface area contributed by atoms with Crippen molar-refractivity contribution >= 4 is 40.8 Å². The minimum absolute atomic E-state index is 0.306. The van der Waals surface area contributed by atoms with Crippen molar-refractivity contribution in [1.29, 1.82) is 0 Å². The molecule has 2 rings (SSSR count). The molecular formula is C15H17Cl2N3S. The number of anilines is 1. The number of rotatable bonds is 5. The van der Waals surface area contributed by atoms with E-state index in [1.807, 2.05) is 13.0 Å². The van der Waals surface area contributed by atoms with Gasteiger partial charge in [-0.25, -0.2) is 9.97 Å². The van der Waals surface area contributed by atoms with Crippen LogP contribution in [-0.2, 0) is 0 Å². The molecule has 0 radical (unpaired) electrons. The van der Waals surface area contributed by atoms with E-state index < -0.39 is 0 Å². The number of hydrogen-bond donors (Lipinski definition) is 1. The van der Waals surface area contributed by atoms with E-state index in [9.17, 15) is 0 Å². The third-order valence-corrected chi connectivity index (χ3v) is 4.62. The first-order valence-corrected chi connectivity index (χ1v) is 8.31. The van der Waals surface area contributed by atoms with Gasteiger partial charge in [-0.2, -0.15) is 0 Å². The zero-order valence-electron chi connectivity index (χ0n) is 12.2. The smallest absolute Gasteiger partial charge is 0.133 e. The lowest BCUT2D eigenvalue weighted by molar-refractivity contribution is 0.803. The van der Waals surface area contributed by atoms with Gasteiger partial charge in [-0.1, -0.05) is 48.8 Å². The Balaban J connectivity index is 2.43. The molecule has 112 valence electrons. The van der Waals surface area contributed by atoms with E-state index in [0.717, 1.165) is 27.8 Å². The molecule has 6 heteroatoms. The van der Waals surface area contributed by atoms with Gasteiger partial charge in [0.1, 0.15) is 17.2 Å². The maximum atomic E-state index is 6.24. The fourth-order valence-corrected chi connectivity index (χ4v) is 3.52. The Morgan fingerprint density at radius 2 is 2.00 bits per heavy atom. The predicted octanol–water partition coefficient (Wildman–Crippen LogP) is 5.49. The Bertz CT molecular complexity index is 632. The maximum Gasteiger partial charge on any atom is 0.133 e. The van der Waals surface area contributed by atoms with Crippen LogP contribution in [0.3, 0.4) is 0 Å². The number of aromatic nitrogens is 2. The Kier molecular flexibility index (Phi) is 5.73. The molecule has 0 aliphatic heterocycles. The predicted molar refractivity (Wildman–Crippen MR) is 90.9 cm³/mol. The summed E-state index contributed by atoms with van der Waals surface area (Å²) in [6.07, 6.45) is 1.57. The number of nitrogens with one attached hydrogen (secondary N) is 1. The second kappa shape index (κ2) is 7.34. The summed E-state index contributed by atoms with van der Waals surface area (Å²) in [7, 11) is 0. The number of halogens is 2. The molecule has 1 aromatic heterocycles. The van der Waals surface area contributed by atoms with Gasteiger partial charge in [0, 0.05) is 22.0 Å². The Morgan fingerprint density at radius 1 is 1.24 bits per heavy atom. The van der Waals surface area contributed by atoms with Gasteiger partial charge in [0.2, 0.25) is 0 Å². The highest BCUT2D eigenvalue weighted by molar-refractivity contribution is 7.99. The highest BCUT2D eigenvalue weighted by Crippen LogP contribution is 2.39. The van der Waals surface area contributed by atoms with E-state index in [2.05, 4.69) is 29.1 Å². The average Bonchev–Trinajstić information content (AvgIpc) is 2.43. The van der Waals surface area contributed by atoms with Crippen molar-refractivity contribution in [3.63, 3.8) is 0 Å². The number of benzene rings is 1. The van der Waals surface area contributed by atoms with Crippen LogP contribution in [0.2, 0.25) is 10.0 Å². The van der Waals surface area contributed by atoms with E-state index in [1.165, 1.54) is 11.8 Å². The molecule has 2 aromatic rings. The van der Waals surface area contributed by atoms with Gasteiger partial charge in [0.05, 0.1) is 5.02 Å². The quantitative estimate of drug-likeness (QED) is 0.729. The number of hydrogen-bond acceptors (Lipinski definition) is 4. The standard InChI is InChI=1S/C15H17Cl2N3S/c1-4-18-14-13(9(2)3)15(20-8-19-14)21-12-7-10(16)5-6-11(12)17/h5-9H,4H2,1-3H3,(H,18,19,20). The summed E-state index contributed by atoms with van der Waals surface area (Å²) in [5.41, 5.74) is 1.10. The van der Waals surface area contributed by atoms with E-state index in [0.29, 0.717) is 16.0 Å². The van der Waals surface area contributed by atoms with Gasteiger partial charge in [-0.3, -0.25) is 0 Å². The molecule has 0 spiro atoms. The molecule has 0 fully saturated rings. The van der Waals surface area contributed by atoms with Crippen LogP contribution >= 0.6 is 35.0 Å². The van der Waals surface area contributed by atoms with Crippen LogP contribution in [0, 0.1) is 0 Å². The third kappa shape index (κ3) is 4.02. The Morgan fingerprint density at radius 3 is 2.67 bits per heavy atom. The first kappa shape index (κ1) is 16.4. The fourth-order valence-electron chi connectivity index (χ4n) is 1.95. The van der Waals surface area contributed by atoms with Crippen molar-refractivity contribution in [1.82, 2.24) is 9.97 Å². The zero-order valence-corrected chi connectivity index (χ0v) is 14.5. The van der Waals surface area contributed by atoms with Crippen molar-refractivity contribution in [3.05, 3.63) is 40.1 Å². The molecule has 0 atom stereocenters. The molecule has 0 bridgehead atoms. The van der Waals surface area contributed by atoms with Gasteiger partial charge >= 0.3 is 0 Å². The van der Waals surface area contributed by atoms with Gasteiger partial charge in [-0.05, 0) is 31.0 Å². The van der Waals surface area contributed by atoms with Crippen LogP contribution in [0.25, 0.3) is 0 Å². The minimum Gasteiger partial charge on any atom is -0.370 e. The highest BCUT2D eigenvalue weighted by Gasteiger charge is 2.16. The van der Waals surface area contributed by atoms with Crippen LogP contribution in [0.15, 0.2) is 34.4 Å². The highest BCUT2D eigenvalue weighted by atomic mass is 35.5. The average molecular weight is 342 g/mol. The topological polar surface area (TPSA) is 37.8 Å². The van der Waals surface area contributed by atoms with Crippen molar-refractivity contribution in [2.45, 2.75) is 36.6 Å². The molecule has 1 N–H and O–H groups in total. The van der Waals surface area contributed by atoms with Crippen LogP contribution in [0.4, 0.5) is 5.82 Å². The van der Waals surface area contributed by atoms with E-state index in [-0.39, 0.29) is 0 Å². The molecule has 1 heterocycles. The van der Waals surface area contributed by atoms with Gasteiger partial charge in [-0.15, -0.1) is 0 Å². The first-order valence-electron chi connectivity index (χ1n) is 6.74. The Hall–Kier alpha value is -0.970. The lowest BCUT2D eigenvalue weighted by Crippen LogP contribution is -2.07. The van der Waals surface area contributed by atoms with Gasteiger partial charge < -0.3 is 5.32 Å². The molecule has 0 saturated heterocycles. The van der Waals surface area contributed by atoms with Crippen LogP contribution < -0.4 is 5.32 Å². The third-order valence-electron chi connectivity index (χ3n) is 2.87. The summed E-state index contributed by atoms with van der Waals surface area (Å²) < 4.78 is 0. The molecule has 0 unspecified atom stereocenters. The molecule has 1 aromatic carbocycles. The molecule has 0 saturated carbocycles. The van der Waals surface area contributed by atoms with Crippen LogP contribution in [0.5, 0.6) is 0 Å². The lowest BCUT2D eigenvalue weighted by Gasteiger charge is -2.16. The van der Waals surface area contributed by atoms with Crippen LogP contribution in [-0.4, -0.2) is 16.5 Å². The van der Waals surface area contributed by atoms with E-state index >= 15 is 0 Å². The van der Waals surface area contributed by atoms with Crippen molar-refractivity contribution in [3.8, 4) is 0 Å². The molecule has 3 nitrogen and oxygen atoms in total. The normalized spacial score (nSPS) is 11.0.